The number of hydrogen-bond donors (Lipinski definition) is 2. The van der Waals surface area contributed by atoms with Gasteiger partial charge in [0.15, 0.2) is 0 Å². The van der Waals surface area contributed by atoms with E-state index >= 15 is 0 Å². The molecule has 0 fully saturated rings. The van der Waals surface area contributed by atoms with Crippen molar-refractivity contribution in [2.24, 2.45) is 0 Å². The molecule has 0 heterocycles. The summed E-state index contributed by atoms with van der Waals surface area (Å²) in [5, 5.41) is 18.6. The van der Waals surface area contributed by atoms with Crippen molar-refractivity contribution in [1.29, 1.82) is 0 Å². The minimum absolute atomic E-state index is 0.0519. The summed E-state index contributed by atoms with van der Waals surface area (Å²) < 4.78 is 14.0. The molecule has 0 aromatic heterocycles. The molecule has 2 N–H and O–H groups in total. The molecule has 0 aliphatic rings. The number of halogens is 3. The van der Waals surface area contributed by atoms with Gasteiger partial charge in [-0.1, -0.05) is 11.6 Å². The van der Waals surface area contributed by atoms with E-state index in [-0.39, 0.29) is 12.0 Å². The Balaban J connectivity index is 2.58. The third kappa shape index (κ3) is 4.55. The van der Waals surface area contributed by atoms with E-state index in [1.165, 1.54) is 12.1 Å². The molecular formula is C12H13BrClFO3. The Morgan fingerprint density at radius 1 is 1.44 bits per heavy atom. The number of carboxylic acids is 1. The maximum Gasteiger partial charge on any atom is 0.303 e. The number of aliphatic carboxylic acids is 1. The van der Waals surface area contributed by atoms with Gasteiger partial charge in [0.05, 0.1) is 11.1 Å². The first-order valence-electron chi connectivity index (χ1n) is 5.46. The van der Waals surface area contributed by atoms with Crippen molar-refractivity contribution < 1.29 is 19.4 Å². The Bertz CT molecular complexity index is 440. The standard InChI is InChI=1S/C12H13BrClFO3/c13-8-6-10(15)7(5-9(8)14)11(16)3-1-2-4-12(17)18/h5-6,11,16H,1-4H2,(H,17,18). The average Bonchev–Trinajstić information content (AvgIpc) is 2.28. The van der Waals surface area contributed by atoms with Gasteiger partial charge in [-0.3, -0.25) is 4.79 Å². The van der Waals surface area contributed by atoms with Gasteiger partial charge < -0.3 is 10.2 Å². The molecule has 18 heavy (non-hydrogen) atoms. The zero-order valence-electron chi connectivity index (χ0n) is 9.50. The fourth-order valence-electron chi connectivity index (χ4n) is 1.56. The van der Waals surface area contributed by atoms with Gasteiger partial charge in [0.25, 0.3) is 0 Å². The van der Waals surface area contributed by atoms with E-state index in [1.807, 2.05) is 0 Å². The molecule has 1 aromatic carbocycles. The lowest BCUT2D eigenvalue weighted by atomic mass is 10.0. The van der Waals surface area contributed by atoms with Crippen molar-refractivity contribution in [2.45, 2.75) is 31.8 Å². The molecule has 0 aliphatic carbocycles. The zero-order valence-corrected chi connectivity index (χ0v) is 11.8. The van der Waals surface area contributed by atoms with Gasteiger partial charge >= 0.3 is 5.97 Å². The molecule has 0 aliphatic heterocycles. The first kappa shape index (κ1) is 15.4. The molecule has 1 rings (SSSR count). The normalized spacial score (nSPS) is 12.4. The fourth-order valence-corrected chi connectivity index (χ4v) is 2.05. The van der Waals surface area contributed by atoms with E-state index in [1.54, 1.807) is 0 Å². The van der Waals surface area contributed by atoms with E-state index in [2.05, 4.69) is 15.9 Å². The maximum absolute atomic E-state index is 13.6. The minimum atomic E-state index is -0.968. The molecule has 0 saturated heterocycles. The first-order chi connectivity index (χ1) is 8.41. The summed E-state index contributed by atoms with van der Waals surface area (Å²) in [7, 11) is 0. The monoisotopic (exact) mass is 338 g/mol. The highest BCUT2D eigenvalue weighted by molar-refractivity contribution is 9.10. The van der Waals surface area contributed by atoms with Crippen molar-refractivity contribution in [2.75, 3.05) is 0 Å². The van der Waals surface area contributed by atoms with Gasteiger partial charge in [-0.15, -0.1) is 0 Å². The van der Waals surface area contributed by atoms with Crippen molar-refractivity contribution in [3.8, 4) is 0 Å². The average molecular weight is 340 g/mol. The summed E-state index contributed by atoms with van der Waals surface area (Å²) in [6.07, 6.45) is 0.363. The molecule has 1 atom stereocenters. The largest absolute Gasteiger partial charge is 0.481 e. The van der Waals surface area contributed by atoms with Gasteiger partial charge in [0, 0.05) is 16.5 Å². The second-order valence-corrected chi connectivity index (χ2v) is 5.20. The number of carboxylic acid groups (broad SMARTS) is 1. The number of hydrogen-bond acceptors (Lipinski definition) is 2. The number of benzene rings is 1. The second-order valence-electron chi connectivity index (χ2n) is 3.94. The van der Waals surface area contributed by atoms with Gasteiger partial charge in [-0.25, -0.2) is 4.39 Å². The molecule has 0 saturated carbocycles. The van der Waals surface area contributed by atoms with E-state index in [0.717, 1.165) is 0 Å². The van der Waals surface area contributed by atoms with Crippen LogP contribution in [0.3, 0.4) is 0 Å². The molecule has 0 bridgehead atoms. The molecule has 3 nitrogen and oxygen atoms in total. The van der Waals surface area contributed by atoms with Gasteiger partial charge in [0.2, 0.25) is 0 Å². The maximum atomic E-state index is 13.6. The van der Waals surface area contributed by atoms with Crippen LogP contribution in [-0.4, -0.2) is 16.2 Å². The Labute approximate surface area is 118 Å². The van der Waals surface area contributed by atoms with Crippen molar-refractivity contribution in [3.63, 3.8) is 0 Å². The number of unbranched alkanes of at least 4 members (excludes halogenated alkanes) is 1. The summed E-state index contributed by atoms with van der Waals surface area (Å²) in [4.78, 5) is 10.3. The predicted octanol–water partition coefficient (Wildman–Crippen LogP) is 3.92. The van der Waals surface area contributed by atoms with Gasteiger partial charge in [0.1, 0.15) is 5.82 Å². The molecule has 6 heteroatoms. The second kappa shape index (κ2) is 7.07. The molecule has 0 amide bonds. The predicted molar refractivity (Wildman–Crippen MR) is 70.2 cm³/mol. The van der Waals surface area contributed by atoms with Crippen molar-refractivity contribution in [3.05, 3.63) is 33.0 Å². The highest BCUT2D eigenvalue weighted by Crippen LogP contribution is 2.30. The van der Waals surface area contributed by atoms with Crippen LogP contribution >= 0.6 is 27.5 Å². The summed E-state index contributed by atoms with van der Waals surface area (Å²) in [6.45, 7) is 0. The number of rotatable bonds is 6. The van der Waals surface area contributed by atoms with E-state index in [4.69, 9.17) is 16.7 Å². The minimum Gasteiger partial charge on any atom is -0.481 e. The van der Waals surface area contributed by atoms with Crippen LogP contribution < -0.4 is 0 Å². The topological polar surface area (TPSA) is 57.5 Å². The number of carbonyl (C=O) groups is 1. The van der Waals surface area contributed by atoms with Crippen LogP contribution in [0.4, 0.5) is 4.39 Å². The van der Waals surface area contributed by atoms with Gasteiger partial charge in [-0.2, -0.15) is 0 Å². The third-order valence-corrected chi connectivity index (χ3v) is 3.71. The summed E-state index contributed by atoms with van der Waals surface area (Å²) >= 11 is 8.92. The lowest BCUT2D eigenvalue weighted by Gasteiger charge is -2.12. The van der Waals surface area contributed by atoms with Crippen LogP contribution in [-0.2, 0) is 4.79 Å². The van der Waals surface area contributed by atoms with Gasteiger partial charge in [-0.05, 0) is 47.3 Å². The lowest BCUT2D eigenvalue weighted by molar-refractivity contribution is -0.137. The Hall–Kier alpha value is -0.650. The molecule has 1 aromatic rings. The molecule has 0 spiro atoms. The van der Waals surface area contributed by atoms with Crippen LogP contribution in [0.1, 0.15) is 37.4 Å². The Morgan fingerprint density at radius 3 is 2.72 bits per heavy atom. The van der Waals surface area contributed by atoms with Crippen LogP contribution in [0.15, 0.2) is 16.6 Å². The van der Waals surface area contributed by atoms with Crippen molar-refractivity contribution in [1.82, 2.24) is 0 Å². The van der Waals surface area contributed by atoms with Crippen LogP contribution in [0, 0.1) is 5.82 Å². The number of aliphatic hydroxyl groups is 1. The van der Waals surface area contributed by atoms with E-state index in [0.29, 0.717) is 28.8 Å². The van der Waals surface area contributed by atoms with E-state index in [9.17, 15) is 14.3 Å². The fraction of sp³-hybridized carbons (Fsp3) is 0.417. The first-order valence-corrected chi connectivity index (χ1v) is 6.63. The Morgan fingerprint density at radius 2 is 2.11 bits per heavy atom. The third-order valence-electron chi connectivity index (χ3n) is 2.52. The molecule has 100 valence electrons. The van der Waals surface area contributed by atoms with Crippen molar-refractivity contribution >= 4 is 33.5 Å². The van der Waals surface area contributed by atoms with Crippen LogP contribution in [0.5, 0.6) is 0 Å². The Kier molecular flexibility index (Phi) is 6.05. The van der Waals surface area contributed by atoms with Crippen LogP contribution in [0.25, 0.3) is 0 Å². The smallest absolute Gasteiger partial charge is 0.303 e. The van der Waals surface area contributed by atoms with Crippen LogP contribution in [0.2, 0.25) is 5.02 Å². The molecule has 1 unspecified atom stereocenters. The zero-order chi connectivity index (χ0) is 13.7. The number of aliphatic hydroxyl groups excluding tert-OH is 1. The highest BCUT2D eigenvalue weighted by atomic mass is 79.9. The molecular weight excluding hydrogens is 326 g/mol. The quantitative estimate of drug-likeness (QED) is 0.610. The lowest BCUT2D eigenvalue weighted by Crippen LogP contribution is -2.02. The SMILES string of the molecule is O=C(O)CCCCC(O)c1cc(Cl)c(Br)cc1F. The summed E-state index contributed by atoms with van der Waals surface area (Å²) in [5.41, 5.74) is 0.138. The summed E-state index contributed by atoms with van der Waals surface area (Å²) in [5.74, 6) is -1.40. The summed E-state index contributed by atoms with van der Waals surface area (Å²) in [6, 6.07) is 2.58. The molecule has 0 radical (unpaired) electrons. The van der Waals surface area contributed by atoms with E-state index < -0.39 is 17.9 Å². The highest BCUT2D eigenvalue weighted by Gasteiger charge is 2.15.